The normalized spacial score (nSPS) is 11.9. The van der Waals surface area contributed by atoms with Crippen LogP contribution in [0.2, 0.25) is 0 Å². The summed E-state index contributed by atoms with van der Waals surface area (Å²) >= 11 is 0. The summed E-state index contributed by atoms with van der Waals surface area (Å²) in [5, 5.41) is 8.64. The Kier molecular flexibility index (Phi) is 17.4. The molecule has 1 N–H and O–H groups in total. The van der Waals surface area contributed by atoms with Crippen LogP contribution in [-0.2, 0) is 25.7 Å². The van der Waals surface area contributed by atoms with Crippen LogP contribution in [0.25, 0.3) is 0 Å². The molecule has 1 unspecified atom stereocenters. The first-order valence-electron chi connectivity index (χ1n) is 12.6. The molecule has 1 aromatic carbocycles. The van der Waals surface area contributed by atoms with Gasteiger partial charge in [0.1, 0.15) is 0 Å². The topological polar surface area (TPSA) is 72.8 Å². The van der Waals surface area contributed by atoms with Gasteiger partial charge < -0.3 is 14.6 Å². The molecule has 0 saturated heterocycles. The molecule has 0 spiro atoms. The molecule has 1 rings (SSSR count). The molecule has 0 aromatic heterocycles. The van der Waals surface area contributed by atoms with Gasteiger partial charge in [0.15, 0.2) is 0 Å². The van der Waals surface area contributed by atoms with E-state index in [2.05, 4.69) is 24.3 Å². The molecule has 5 heteroatoms. The third kappa shape index (κ3) is 17.8. The van der Waals surface area contributed by atoms with Crippen LogP contribution in [0.1, 0.15) is 109 Å². The number of hydrogen-bond donors (Lipinski definition) is 1. The van der Waals surface area contributed by atoms with Crippen molar-refractivity contribution < 1.29 is 24.2 Å². The first kappa shape index (κ1) is 28.2. The van der Waals surface area contributed by atoms with Gasteiger partial charge in [0, 0.05) is 13.3 Å². The quantitative estimate of drug-likeness (QED) is 0.161. The minimum atomic E-state index is -0.682. The van der Waals surface area contributed by atoms with Crippen LogP contribution in [0, 0.1) is 0 Å². The maximum atomic E-state index is 10.8. The van der Waals surface area contributed by atoms with E-state index in [1.54, 1.807) is 0 Å². The second-order valence-corrected chi connectivity index (χ2v) is 8.72. The van der Waals surface area contributed by atoms with Crippen LogP contribution >= 0.6 is 0 Å². The van der Waals surface area contributed by atoms with Gasteiger partial charge >= 0.3 is 11.9 Å². The van der Waals surface area contributed by atoms with Gasteiger partial charge in [0.2, 0.25) is 0 Å². The van der Waals surface area contributed by atoms with Crippen molar-refractivity contribution in [3.63, 3.8) is 0 Å². The van der Waals surface area contributed by atoms with E-state index >= 15 is 0 Å². The lowest BCUT2D eigenvalue weighted by atomic mass is 10.0. The van der Waals surface area contributed by atoms with E-state index < -0.39 is 5.97 Å². The Hall–Kier alpha value is -1.88. The monoisotopic (exact) mass is 448 g/mol. The molecule has 0 aliphatic carbocycles. The van der Waals surface area contributed by atoms with Gasteiger partial charge in [0.05, 0.1) is 19.3 Å². The van der Waals surface area contributed by atoms with E-state index in [4.69, 9.17) is 14.6 Å². The number of carbonyl (C=O) groups is 2. The highest BCUT2D eigenvalue weighted by atomic mass is 16.5. The fourth-order valence-corrected chi connectivity index (χ4v) is 3.85. The Morgan fingerprint density at radius 2 is 1.31 bits per heavy atom. The van der Waals surface area contributed by atoms with Gasteiger partial charge in [-0.2, -0.15) is 0 Å². The van der Waals surface area contributed by atoms with Gasteiger partial charge in [-0.15, -0.1) is 0 Å². The fourth-order valence-electron chi connectivity index (χ4n) is 3.85. The molecule has 182 valence electrons. The number of hydrogen-bond acceptors (Lipinski definition) is 4. The largest absolute Gasteiger partial charge is 0.481 e. The van der Waals surface area contributed by atoms with Crippen LogP contribution in [0.5, 0.6) is 0 Å². The van der Waals surface area contributed by atoms with Crippen molar-refractivity contribution in [2.45, 2.75) is 116 Å². The number of benzene rings is 1. The summed E-state index contributed by atoms with van der Waals surface area (Å²) in [5.74, 6) is -0.884. The maximum absolute atomic E-state index is 10.8. The van der Waals surface area contributed by atoms with Crippen LogP contribution in [0.15, 0.2) is 30.3 Å². The van der Waals surface area contributed by atoms with Gasteiger partial charge in [-0.25, -0.2) is 0 Å². The second-order valence-electron chi connectivity index (χ2n) is 8.72. The zero-order valence-electron chi connectivity index (χ0n) is 20.1. The molecule has 5 nitrogen and oxygen atoms in total. The van der Waals surface area contributed by atoms with E-state index in [-0.39, 0.29) is 12.1 Å². The van der Waals surface area contributed by atoms with Crippen LogP contribution < -0.4 is 0 Å². The lowest BCUT2D eigenvalue weighted by Gasteiger charge is -2.18. The lowest BCUT2D eigenvalue weighted by molar-refractivity contribution is -0.141. The number of unbranched alkanes of at least 4 members (excludes halogenated alkanes) is 10. The van der Waals surface area contributed by atoms with E-state index in [0.717, 1.165) is 51.4 Å². The van der Waals surface area contributed by atoms with E-state index in [1.165, 1.54) is 51.0 Å². The van der Waals surface area contributed by atoms with Crippen LogP contribution in [0.4, 0.5) is 0 Å². The number of aliphatic carboxylic acids is 1. The highest BCUT2D eigenvalue weighted by Gasteiger charge is 2.10. The fraction of sp³-hybridized carbons (Fsp3) is 0.704. The summed E-state index contributed by atoms with van der Waals surface area (Å²) in [6.07, 6.45) is 16.3. The van der Waals surface area contributed by atoms with Gasteiger partial charge in [-0.3, -0.25) is 9.59 Å². The Morgan fingerprint density at radius 3 is 1.88 bits per heavy atom. The molecule has 0 saturated carbocycles. The first-order valence-corrected chi connectivity index (χ1v) is 12.6. The predicted octanol–water partition coefficient (Wildman–Crippen LogP) is 7.07. The van der Waals surface area contributed by atoms with Crippen molar-refractivity contribution in [2.24, 2.45) is 0 Å². The lowest BCUT2D eigenvalue weighted by Crippen LogP contribution is -2.13. The van der Waals surface area contributed by atoms with Gasteiger partial charge in [-0.05, 0) is 37.7 Å². The third-order valence-electron chi connectivity index (χ3n) is 5.72. The maximum Gasteiger partial charge on any atom is 0.303 e. The SMILES string of the molecule is CC(=O)OCCCCCC(CCCCCCCCCCCC(=O)O)OCc1ccccc1. The van der Waals surface area contributed by atoms with E-state index in [9.17, 15) is 9.59 Å². The highest BCUT2D eigenvalue weighted by Crippen LogP contribution is 2.18. The Labute approximate surface area is 194 Å². The summed E-state index contributed by atoms with van der Waals surface area (Å²) in [4.78, 5) is 21.3. The Balaban J connectivity index is 2.13. The molecule has 0 bridgehead atoms. The average molecular weight is 449 g/mol. The van der Waals surface area contributed by atoms with Crippen LogP contribution in [-0.4, -0.2) is 29.8 Å². The zero-order chi connectivity index (χ0) is 23.3. The second kappa shape index (κ2) is 19.8. The molecule has 0 fully saturated rings. The van der Waals surface area contributed by atoms with Crippen molar-refractivity contribution in [2.75, 3.05) is 6.61 Å². The summed E-state index contributed by atoms with van der Waals surface area (Å²) in [6, 6.07) is 10.3. The molecule has 1 aromatic rings. The molecular weight excluding hydrogens is 404 g/mol. The number of esters is 1. The Morgan fingerprint density at radius 1 is 0.781 bits per heavy atom. The molecule has 0 heterocycles. The number of rotatable bonds is 21. The summed E-state index contributed by atoms with van der Waals surface area (Å²) in [7, 11) is 0. The number of carbonyl (C=O) groups excluding carboxylic acids is 1. The average Bonchev–Trinajstić information content (AvgIpc) is 2.77. The molecule has 1 atom stereocenters. The van der Waals surface area contributed by atoms with Crippen LogP contribution in [0.3, 0.4) is 0 Å². The molecule has 32 heavy (non-hydrogen) atoms. The molecule has 0 amide bonds. The number of carboxylic acids is 1. The number of carboxylic acid groups (broad SMARTS) is 1. The summed E-state index contributed by atoms with van der Waals surface area (Å²) in [5.41, 5.74) is 1.22. The molecule has 0 radical (unpaired) electrons. The summed E-state index contributed by atoms with van der Waals surface area (Å²) in [6.45, 7) is 2.64. The Bertz CT molecular complexity index is 587. The molecule has 0 aliphatic heterocycles. The zero-order valence-corrected chi connectivity index (χ0v) is 20.1. The van der Waals surface area contributed by atoms with Crippen molar-refractivity contribution in [3.05, 3.63) is 35.9 Å². The van der Waals surface area contributed by atoms with Crippen molar-refractivity contribution in [3.8, 4) is 0 Å². The van der Waals surface area contributed by atoms with E-state index in [0.29, 0.717) is 19.6 Å². The van der Waals surface area contributed by atoms with Crippen molar-refractivity contribution in [1.82, 2.24) is 0 Å². The number of ether oxygens (including phenoxy) is 2. The van der Waals surface area contributed by atoms with Crippen molar-refractivity contribution >= 4 is 11.9 Å². The molecule has 0 aliphatic rings. The standard InChI is InChI=1S/C27H44O5/c1-24(28)31-22-16-10-14-20-26(32-23-25-17-11-9-12-18-25)19-13-7-5-3-2-4-6-8-15-21-27(29)30/h9,11-12,17-18,26H,2-8,10,13-16,19-23H2,1H3,(H,29,30). The first-order chi connectivity index (χ1) is 15.6. The van der Waals surface area contributed by atoms with E-state index in [1.807, 2.05) is 6.07 Å². The minimum Gasteiger partial charge on any atom is -0.481 e. The minimum absolute atomic E-state index is 0.202. The molecular formula is C27H44O5. The smallest absolute Gasteiger partial charge is 0.303 e. The van der Waals surface area contributed by atoms with Gasteiger partial charge in [-0.1, -0.05) is 88.1 Å². The highest BCUT2D eigenvalue weighted by molar-refractivity contribution is 5.66. The van der Waals surface area contributed by atoms with Crippen molar-refractivity contribution in [1.29, 1.82) is 0 Å². The third-order valence-corrected chi connectivity index (χ3v) is 5.72. The van der Waals surface area contributed by atoms with Gasteiger partial charge in [0.25, 0.3) is 0 Å². The summed E-state index contributed by atoms with van der Waals surface area (Å²) < 4.78 is 11.3. The predicted molar refractivity (Wildman–Crippen MR) is 129 cm³/mol.